The van der Waals surface area contributed by atoms with Gasteiger partial charge in [-0.3, -0.25) is 9.59 Å². The summed E-state index contributed by atoms with van der Waals surface area (Å²) < 4.78 is 1.97. The predicted octanol–water partition coefficient (Wildman–Crippen LogP) is 5.17. The summed E-state index contributed by atoms with van der Waals surface area (Å²) in [6.45, 7) is 4.00. The molecule has 5 rings (SSSR count). The van der Waals surface area contributed by atoms with Crippen LogP contribution >= 0.6 is 0 Å². The molecule has 196 valence electrons. The van der Waals surface area contributed by atoms with Gasteiger partial charge in [0.05, 0.1) is 30.9 Å². The summed E-state index contributed by atoms with van der Waals surface area (Å²) >= 11 is 0. The fraction of sp³-hybridized carbons (Fsp3) is 0.250. The molecule has 0 N–H and O–H groups in total. The Kier molecular flexibility index (Phi) is 7.83. The highest BCUT2D eigenvalue weighted by Crippen LogP contribution is 2.23. The van der Waals surface area contributed by atoms with Gasteiger partial charge in [-0.2, -0.15) is 5.26 Å². The minimum absolute atomic E-state index is 0.00353. The van der Waals surface area contributed by atoms with Crippen LogP contribution < -0.4 is 0 Å². The fourth-order valence-electron chi connectivity index (χ4n) is 5.02. The maximum absolute atomic E-state index is 13.6. The van der Waals surface area contributed by atoms with Crippen LogP contribution in [-0.2, 0) is 17.8 Å². The van der Waals surface area contributed by atoms with Crippen LogP contribution in [0.15, 0.2) is 91.0 Å². The molecule has 1 aromatic heterocycles. The van der Waals surface area contributed by atoms with E-state index in [4.69, 9.17) is 5.26 Å². The molecule has 0 unspecified atom stereocenters. The van der Waals surface area contributed by atoms with E-state index >= 15 is 0 Å². The van der Waals surface area contributed by atoms with Crippen molar-refractivity contribution >= 4 is 22.6 Å². The first-order chi connectivity index (χ1) is 19.1. The van der Waals surface area contributed by atoms with Gasteiger partial charge in [-0.25, -0.2) is 4.98 Å². The lowest BCUT2D eigenvalue weighted by Crippen LogP contribution is -2.49. The molecule has 3 aromatic carbocycles. The smallest absolute Gasteiger partial charge is 0.254 e. The SMILES string of the molecule is CCC/C=C1\CN(C(=O)c2cccc3ccccc23)CCN1C(=O)Cc1cncn1Cc1ccc(C#N)cc1. The van der Waals surface area contributed by atoms with Crippen molar-refractivity contribution in [2.75, 3.05) is 19.6 Å². The zero-order chi connectivity index (χ0) is 27.2. The Balaban J connectivity index is 1.31. The maximum atomic E-state index is 13.6. The Labute approximate surface area is 228 Å². The molecule has 0 bridgehead atoms. The molecule has 1 fully saturated rings. The first kappa shape index (κ1) is 25.9. The van der Waals surface area contributed by atoms with Gasteiger partial charge in [0, 0.05) is 42.8 Å². The number of nitrogens with zero attached hydrogens (tertiary/aromatic N) is 5. The van der Waals surface area contributed by atoms with E-state index in [-0.39, 0.29) is 18.2 Å². The first-order valence-corrected chi connectivity index (χ1v) is 13.3. The third-order valence-electron chi connectivity index (χ3n) is 7.14. The molecule has 7 nitrogen and oxygen atoms in total. The van der Waals surface area contributed by atoms with E-state index in [1.165, 1.54) is 0 Å². The average Bonchev–Trinajstić information content (AvgIpc) is 3.41. The zero-order valence-electron chi connectivity index (χ0n) is 22.1. The minimum Gasteiger partial charge on any atom is -0.331 e. The monoisotopic (exact) mass is 517 g/mol. The van der Waals surface area contributed by atoms with Crippen molar-refractivity contribution in [3.05, 3.63) is 113 Å². The van der Waals surface area contributed by atoms with Crippen molar-refractivity contribution in [3.63, 3.8) is 0 Å². The molecule has 1 aliphatic rings. The molecule has 4 aromatic rings. The number of piperazine rings is 1. The van der Waals surface area contributed by atoms with Crippen LogP contribution in [0.5, 0.6) is 0 Å². The molecule has 0 aliphatic carbocycles. The first-order valence-electron chi connectivity index (χ1n) is 13.3. The number of nitriles is 1. The number of rotatable bonds is 7. The molecular weight excluding hydrogens is 486 g/mol. The highest BCUT2D eigenvalue weighted by Gasteiger charge is 2.29. The summed E-state index contributed by atoms with van der Waals surface area (Å²) in [7, 11) is 0. The van der Waals surface area contributed by atoms with E-state index in [1.807, 2.05) is 69.0 Å². The van der Waals surface area contributed by atoms with Crippen molar-refractivity contribution in [2.45, 2.75) is 32.7 Å². The van der Waals surface area contributed by atoms with E-state index in [0.29, 0.717) is 37.3 Å². The molecule has 0 atom stereocenters. The van der Waals surface area contributed by atoms with Crippen molar-refractivity contribution in [1.82, 2.24) is 19.4 Å². The fourth-order valence-corrected chi connectivity index (χ4v) is 5.02. The molecule has 0 saturated carbocycles. The number of fused-ring (bicyclic) bond motifs is 1. The van der Waals surface area contributed by atoms with Crippen molar-refractivity contribution in [2.24, 2.45) is 0 Å². The van der Waals surface area contributed by atoms with Gasteiger partial charge in [-0.15, -0.1) is 0 Å². The van der Waals surface area contributed by atoms with E-state index in [2.05, 4.69) is 24.1 Å². The standard InChI is InChI=1S/C32H31N5O2/c1-2-3-9-27-22-35(32(39)30-11-6-8-26-7-4-5-10-29(26)30)16-17-37(27)31(38)18-28-20-34-23-36(28)21-25-14-12-24(19-33)13-15-25/h4-15,20,23H,2-3,16-18,21-22H2,1H3/b27-9+. The van der Waals surface area contributed by atoms with Crippen LogP contribution in [0.3, 0.4) is 0 Å². The average molecular weight is 518 g/mol. The van der Waals surface area contributed by atoms with Crippen LogP contribution in [0.4, 0.5) is 0 Å². The molecule has 2 heterocycles. The zero-order valence-corrected chi connectivity index (χ0v) is 22.1. The second kappa shape index (κ2) is 11.8. The number of benzene rings is 3. The van der Waals surface area contributed by atoms with Crippen molar-refractivity contribution in [1.29, 1.82) is 5.26 Å². The molecule has 0 spiro atoms. The molecule has 1 saturated heterocycles. The number of hydrogen-bond acceptors (Lipinski definition) is 4. The van der Waals surface area contributed by atoms with E-state index < -0.39 is 0 Å². The second-order valence-corrected chi connectivity index (χ2v) is 9.78. The van der Waals surface area contributed by atoms with Crippen LogP contribution in [0, 0.1) is 11.3 Å². The number of allylic oxidation sites excluding steroid dienone is 1. The highest BCUT2D eigenvalue weighted by atomic mass is 16.2. The van der Waals surface area contributed by atoms with Gasteiger partial charge in [0.25, 0.3) is 5.91 Å². The second-order valence-electron chi connectivity index (χ2n) is 9.78. The Morgan fingerprint density at radius 2 is 1.82 bits per heavy atom. The number of hydrogen-bond donors (Lipinski definition) is 0. The lowest BCUT2D eigenvalue weighted by atomic mass is 10.0. The van der Waals surface area contributed by atoms with Crippen LogP contribution in [0.1, 0.15) is 46.9 Å². The summed E-state index contributed by atoms with van der Waals surface area (Å²) in [4.78, 5) is 35.1. The highest BCUT2D eigenvalue weighted by molar-refractivity contribution is 6.07. The Bertz CT molecular complexity index is 1560. The van der Waals surface area contributed by atoms with Gasteiger partial charge in [0.15, 0.2) is 0 Å². The van der Waals surface area contributed by atoms with Gasteiger partial charge in [0.1, 0.15) is 0 Å². The normalized spacial score (nSPS) is 14.5. The van der Waals surface area contributed by atoms with Crippen LogP contribution in [-0.4, -0.2) is 50.8 Å². The van der Waals surface area contributed by atoms with Crippen molar-refractivity contribution < 1.29 is 9.59 Å². The summed E-state index contributed by atoms with van der Waals surface area (Å²) in [5.74, 6) is -0.0158. The predicted molar refractivity (Wildman–Crippen MR) is 151 cm³/mol. The number of carbonyl (C=O) groups is 2. The van der Waals surface area contributed by atoms with Crippen LogP contribution in [0.2, 0.25) is 0 Å². The Morgan fingerprint density at radius 3 is 2.62 bits per heavy atom. The lowest BCUT2D eigenvalue weighted by molar-refractivity contribution is -0.129. The molecule has 1 aliphatic heterocycles. The van der Waals surface area contributed by atoms with Gasteiger partial charge < -0.3 is 14.4 Å². The third-order valence-corrected chi connectivity index (χ3v) is 7.14. The number of unbranched alkanes of at least 4 members (excludes halogenated alkanes) is 1. The lowest BCUT2D eigenvalue weighted by Gasteiger charge is -2.37. The Morgan fingerprint density at radius 1 is 1.03 bits per heavy atom. The third kappa shape index (κ3) is 5.75. The summed E-state index contributed by atoms with van der Waals surface area (Å²) in [6.07, 6.45) is 7.57. The number of carbonyl (C=O) groups excluding carboxylic acids is 2. The quantitative estimate of drug-likeness (QED) is 0.339. The number of amides is 2. The molecule has 7 heteroatoms. The van der Waals surface area contributed by atoms with Gasteiger partial charge in [-0.1, -0.05) is 68.0 Å². The minimum atomic E-state index is -0.0122. The van der Waals surface area contributed by atoms with Crippen LogP contribution in [0.25, 0.3) is 10.8 Å². The van der Waals surface area contributed by atoms with E-state index in [0.717, 1.165) is 40.6 Å². The van der Waals surface area contributed by atoms with Gasteiger partial charge in [0.2, 0.25) is 5.91 Å². The molecule has 39 heavy (non-hydrogen) atoms. The number of aromatic nitrogens is 2. The largest absolute Gasteiger partial charge is 0.331 e. The number of imidazole rings is 1. The Hall–Kier alpha value is -4.70. The summed E-state index contributed by atoms with van der Waals surface area (Å²) in [5.41, 5.74) is 4.04. The summed E-state index contributed by atoms with van der Waals surface area (Å²) in [5, 5.41) is 11.0. The van der Waals surface area contributed by atoms with E-state index in [9.17, 15) is 9.59 Å². The van der Waals surface area contributed by atoms with Gasteiger partial charge in [-0.05, 0) is 41.0 Å². The topological polar surface area (TPSA) is 82.2 Å². The maximum Gasteiger partial charge on any atom is 0.254 e. The van der Waals surface area contributed by atoms with E-state index in [1.54, 1.807) is 24.7 Å². The molecule has 0 radical (unpaired) electrons. The molecular formula is C32H31N5O2. The van der Waals surface area contributed by atoms with Gasteiger partial charge >= 0.3 is 0 Å². The summed E-state index contributed by atoms with van der Waals surface area (Å²) in [6, 6.07) is 23.3. The van der Waals surface area contributed by atoms with Crippen molar-refractivity contribution in [3.8, 4) is 6.07 Å². The molecule has 2 amide bonds.